The molecule has 1 aliphatic heterocycles. The van der Waals surface area contributed by atoms with Gasteiger partial charge in [0, 0.05) is 28.9 Å². The minimum Gasteiger partial charge on any atom is -0.324 e. The lowest BCUT2D eigenvalue weighted by Gasteiger charge is -2.16. The van der Waals surface area contributed by atoms with Crippen molar-refractivity contribution in [2.75, 3.05) is 5.32 Å². The zero-order chi connectivity index (χ0) is 25.6. The Bertz CT molecular complexity index is 1640. The molecule has 0 radical (unpaired) electrons. The summed E-state index contributed by atoms with van der Waals surface area (Å²) in [5.74, 6) is 1.03. The van der Waals surface area contributed by atoms with Crippen LogP contribution in [0.15, 0.2) is 96.2 Å². The van der Waals surface area contributed by atoms with Crippen LogP contribution in [-0.4, -0.2) is 20.4 Å². The highest BCUT2D eigenvalue weighted by atomic mass is 19.4. The number of benzene rings is 3. The lowest BCUT2D eigenvalue weighted by molar-refractivity contribution is -0.137. The maximum Gasteiger partial charge on any atom is 0.417 e. The molecule has 6 rings (SSSR count). The Morgan fingerprint density at radius 3 is 2.41 bits per heavy atom. The zero-order valence-electron chi connectivity index (χ0n) is 19.9. The van der Waals surface area contributed by atoms with E-state index in [2.05, 4.69) is 28.3 Å². The molecule has 0 fully saturated rings. The minimum absolute atomic E-state index is 0.00122. The SMILES string of the molecule is CCC1N=C(Nc2nc(-c3ccccc3C(F)(F)F)nc3ccccc23)c2c1cccc2-n1cccc1. The van der Waals surface area contributed by atoms with Crippen molar-refractivity contribution < 1.29 is 13.2 Å². The summed E-state index contributed by atoms with van der Waals surface area (Å²) < 4.78 is 43.5. The number of hydrogen-bond donors (Lipinski definition) is 1. The smallest absolute Gasteiger partial charge is 0.324 e. The number of para-hydroxylation sites is 1. The fourth-order valence-electron chi connectivity index (χ4n) is 4.83. The molecular weight excluding hydrogens is 475 g/mol. The quantitative estimate of drug-likeness (QED) is 0.281. The first-order valence-corrected chi connectivity index (χ1v) is 12.0. The highest BCUT2D eigenvalue weighted by molar-refractivity contribution is 6.15. The Hall–Kier alpha value is -4.46. The van der Waals surface area contributed by atoms with Crippen LogP contribution < -0.4 is 5.32 Å². The molecule has 3 aromatic carbocycles. The predicted octanol–water partition coefficient (Wildman–Crippen LogP) is 7.43. The van der Waals surface area contributed by atoms with Gasteiger partial charge in [0.2, 0.25) is 0 Å². The second kappa shape index (κ2) is 8.89. The first-order chi connectivity index (χ1) is 17.9. The topological polar surface area (TPSA) is 55.1 Å². The molecule has 0 amide bonds. The third-order valence-electron chi connectivity index (χ3n) is 6.54. The van der Waals surface area contributed by atoms with Crippen LogP contribution in [0.2, 0.25) is 0 Å². The van der Waals surface area contributed by atoms with Crippen molar-refractivity contribution in [1.82, 2.24) is 14.5 Å². The van der Waals surface area contributed by atoms with E-state index < -0.39 is 11.7 Å². The van der Waals surface area contributed by atoms with Gasteiger partial charge in [0.15, 0.2) is 5.82 Å². The van der Waals surface area contributed by atoms with E-state index in [1.165, 1.54) is 12.1 Å². The molecule has 0 bridgehead atoms. The zero-order valence-corrected chi connectivity index (χ0v) is 19.9. The summed E-state index contributed by atoms with van der Waals surface area (Å²) >= 11 is 0. The number of nitrogens with zero attached hydrogens (tertiary/aromatic N) is 4. The molecule has 2 aromatic heterocycles. The number of aliphatic imine (C=N–C) groups is 1. The van der Waals surface area contributed by atoms with E-state index >= 15 is 0 Å². The van der Waals surface area contributed by atoms with E-state index in [0.29, 0.717) is 22.6 Å². The van der Waals surface area contributed by atoms with Crippen molar-refractivity contribution in [3.05, 3.63) is 108 Å². The highest BCUT2D eigenvalue weighted by Gasteiger charge is 2.34. The highest BCUT2D eigenvalue weighted by Crippen LogP contribution is 2.39. The Morgan fingerprint density at radius 2 is 1.62 bits per heavy atom. The number of rotatable bonds is 4. The van der Waals surface area contributed by atoms with Crippen LogP contribution in [0.5, 0.6) is 0 Å². The molecule has 5 aromatic rings. The van der Waals surface area contributed by atoms with E-state index in [4.69, 9.17) is 4.99 Å². The summed E-state index contributed by atoms with van der Waals surface area (Å²) in [5, 5.41) is 4.07. The van der Waals surface area contributed by atoms with Crippen molar-refractivity contribution in [2.24, 2.45) is 4.99 Å². The van der Waals surface area contributed by atoms with Gasteiger partial charge in [-0.2, -0.15) is 13.2 Å². The fraction of sp³-hybridized carbons (Fsp3) is 0.138. The molecule has 0 saturated heterocycles. The van der Waals surface area contributed by atoms with E-state index in [0.717, 1.165) is 29.3 Å². The summed E-state index contributed by atoms with van der Waals surface area (Å²) in [4.78, 5) is 14.1. The Labute approximate surface area is 211 Å². The molecule has 8 heteroatoms. The minimum atomic E-state index is -4.53. The maximum absolute atomic E-state index is 13.8. The number of fused-ring (bicyclic) bond motifs is 2. The van der Waals surface area contributed by atoms with Crippen LogP contribution in [-0.2, 0) is 6.18 Å². The standard InChI is InChI=1S/C29H22F3N5/c1-2-22-19-12-9-15-24(37-16-7-8-17-37)25(19)28(33-22)36-27-20-11-4-6-14-23(20)34-26(35-27)18-10-3-5-13-21(18)29(30,31)32/h3-17,22H,2H2,1H3,(H,33,34,35,36). The average Bonchev–Trinajstić information content (AvgIpc) is 3.57. The van der Waals surface area contributed by atoms with Gasteiger partial charge in [0.05, 0.1) is 22.8 Å². The second-order valence-corrected chi connectivity index (χ2v) is 8.81. The van der Waals surface area contributed by atoms with Gasteiger partial charge in [0.25, 0.3) is 0 Å². The van der Waals surface area contributed by atoms with Crippen LogP contribution in [0.1, 0.15) is 36.1 Å². The van der Waals surface area contributed by atoms with Crippen LogP contribution in [0.25, 0.3) is 28.0 Å². The van der Waals surface area contributed by atoms with Gasteiger partial charge in [-0.25, -0.2) is 9.97 Å². The first-order valence-electron chi connectivity index (χ1n) is 12.0. The largest absolute Gasteiger partial charge is 0.417 e. The first kappa shape index (κ1) is 23.0. The molecule has 1 atom stereocenters. The molecule has 184 valence electrons. The molecule has 5 nitrogen and oxygen atoms in total. The summed E-state index contributed by atoms with van der Waals surface area (Å²) in [6.07, 6.45) is 0.216. The number of hydrogen-bond acceptors (Lipinski definition) is 4. The lowest BCUT2D eigenvalue weighted by Crippen LogP contribution is -2.16. The normalized spacial score (nSPS) is 15.0. The van der Waals surface area contributed by atoms with E-state index in [1.54, 1.807) is 18.2 Å². The van der Waals surface area contributed by atoms with Gasteiger partial charge in [0.1, 0.15) is 11.7 Å². The third-order valence-corrected chi connectivity index (χ3v) is 6.54. The second-order valence-electron chi connectivity index (χ2n) is 8.81. The molecule has 0 aliphatic carbocycles. The van der Waals surface area contributed by atoms with Gasteiger partial charge < -0.3 is 9.88 Å². The molecule has 1 unspecified atom stereocenters. The van der Waals surface area contributed by atoms with Crippen molar-refractivity contribution in [2.45, 2.75) is 25.6 Å². The molecular formula is C29H22F3N5. The van der Waals surface area contributed by atoms with Crippen LogP contribution in [0, 0.1) is 0 Å². The van der Waals surface area contributed by atoms with Gasteiger partial charge in [-0.05, 0) is 48.4 Å². The van der Waals surface area contributed by atoms with Gasteiger partial charge in [-0.3, -0.25) is 4.99 Å². The van der Waals surface area contributed by atoms with Crippen LogP contribution >= 0.6 is 0 Å². The maximum atomic E-state index is 13.8. The van der Waals surface area contributed by atoms with Crippen molar-refractivity contribution >= 4 is 22.6 Å². The Kier molecular flexibility index (Phi) is 5.52. The van der Waals surface area contributed by atoms with Gasteiger partial charge >= 0.3 is 6.18 Å². The van der Waals surface area contributed by atoms with E-state index in [9.17, 15) is 13.2 Å². The number of halogens is 3. The summed E-state index contributed by atoms with van der Waals surface area (Å²) in [5.41, 5.74) is 2.70. The Morgan fingerprint density at radius 1 is 0.865 bits per heavy atom. The van der Waals surface area contributed by atoms with Crippen molar-refractivity contribution in [1.29, 1.82) is 0 Å². The van der Waals surface area contributed by atoms with Crippen molar-refractivity contribution in [3.8, 4) is 17.1 Å². The van der Waals surface area contributed by atoms with Crippen LogP contribution in [0.4, 0.5) is 19.0 Å². The average molecular weight is 498 g/mol. The number of amidine groups is 1. The third kappa shape index (κ3) is 4.04. The number of alkyl halides is 3. The molecule has 3 heterocycles. The number of nitrogens with one attached hydrogen (secondary N) is 1. The van der Waals surface area contributed by atoms with E-state index in [1.807, 2.05) is 53.4 Å². The van der Waals surface area contributed by atoms with E-state index in [-0.39, 0.29) is 17.4 Å². The Balaban J connectivity index is 1.52. The number of anilines is 1. The fourth-order valence-corrected chi connectivity index (χ4v) is 4.83. The molecule has 1 N–H and O–H groups in total. The molecule has 0 saturated carbocycles. The van der Waals surface area contributed by atoms with Crippen LogP contribution in [0.3, 0.4) is 0 Å². The molecule has 0 spiro atoms. The van der Waals surface area contributed by atoms with Gasteiger partial charge in [-0.1, -0.05) is 49.4 Å². The summed E-state index contributed by atoms with van der Waals surface area (Å²) in [6, 6.07) is 22.6. The number of aromatic nitrogens is 3. The molecule has 37 heavy (non-hydrogen) atoms. The monoisotopic (exact) mass is 497 g/mol. The summed E-state index contributed by atoms with van der Waals surface area (Å²) in [7, 11) is 0. The van der Waals surface area contributed by atoms with Gasteiger partial charge in [-0.15, -0.1) is 0 Å². The predicted molar refractivity (Wildman–Crippen MR) is 139 cm³/mol. The lowest BCUT2D eigenvalue weighted by atomic mass is 10.00. The summed E-state index contributed by atoms with van der Waals surface area (Å²) in [6.45, 7) is 2.08. The van der Waals surface area contributed by atoms with Crippen molar-refractivity contribution in [3.63, 3.8) is 0 Å². The molecule has 1 aliphatic rings.